The Labute approximate surface area is 112 Å². The van der Waals surface area contributed by atoms with E-state index in [2.05, 4.69) is 4.98 Å². The van der Waals surface area contributed by atoms with E-state index in [4.69, 9.17) is 22.1 Å². The number of hydrogen-bond donors (Lipinski definition) is 1. The number of ether oxygens (including phenoxy) is 1. The molecule has 1 aromatic carbocycles. The van der Waals surface area contributed by atoms with Gasteiger partial charge in [0.15, 0.2) is 0 Å². The fraction of sp³-hybridized carbons (Fsp3) is 0.214. The van der Waals surface area contributed by atoms with Crippen molar-refractivity contribution in [2.75, 3.05) is 0 Å². The first-order valence-electron chi connectivity index (χ1n) is 5.72. The minimum Gasteiger partial charge on any atom is -0.487 e. The first-order chi connectivity index (χ1) is 8.70. The van der Waals surface area contributed by atoms with Crippen molar-refractivity contribution in [1.82, 2.24) is 4.98 Å². The van der Waals surface area contributed by atoms with E-state index in [1.807, 2.05) is 31.2 Å². The molecule has 3 nitrogen and oxygen atoms in total. The van der Waals surface area contributed by atoms with Gasteiger partial charge in [0.2, 0.25) is 0 Å². The monoisotopic (exact) mass is 262 g/mol. The van der Waals surface area contributed by atoms with Gasteiger partial charge >= 0.3 is 0 Å². The van der Waals surface area contributed by atoms with Gasteiger partial charge in [-0.1, -0.05) is 23.7 Å². The molecule has 0 radical (unpaired) electrons. The molecule has 2 rings (SSSR count). The summed E-state index contributed by atoms with van der Waals surface area (Å²) < 4.78 is 5.75. The van der Waals surface area contributed by atoms with Crippen LogP contribution in [0.15, 0.2) is 36.5 Å². The number of rotatable bonds is 4. The third-order valence-corrected chi connectivity index (χ3v) is 2.97. The Balaban J connectivity index is 2.15. The Bertz CT molecular complexity index is 543. The first-order valence-corrected chi connectivity index (χ1v) is 6.10. The molecule has 0 saturated heterocycles. The molecule has 0 fully saturated rings. The third kappa shape index (κ3) is 3.00. The zero-order valence-corrected chi connectivity index (χ0v) is 10.9. The Morgan fingerprint density at radius 2 is 2.17 bits per heavy atom. The highest BCUT2D eigenvalue weighted by Crippen LogP contribution is 2.24. The molecule has 0 aliphatic carbocycles. The van der Waals surface area contributed by atoms with Crippen molar-refractivity contribution >= 4 is 11.6 Å². The van der Waals surface area contributed by atoms with Gasteiger partial charge in [0.1, 0.15) is 12.4 Å². The molecule has 0 spiro atoms. The predicted octanol–water partition coefficient (Wildman–Crippen LogP) is 3.08. The lowest BCUT2D eigenvalue weighted by Gasteiger charge is -2.11. The lowest BCUT2D eigenvalue weighted by molar-refractivity contribution is 0.297. The Kier molecular flexibility index (Phi) is 4.18. The van der Waals surface area contributed by atoms with Crippen LogP contribution in [0.5, 0.6) is 5.75 Å². The summed E-state index contributed by atoms with van der Waals surface area (Å²) in [5.74, 6) is 0.718. The van der Waals surface area contributed by atoms with Gasteiger partial charge in [-0.25, -0.2) is 0 Å². The predicted molar refractivity (Wildman–Crippen MR) is 72.6 cm³/mol. The fourth-order valence-corrected chi connectivity index (χ4v) is 1.81. The van der Waals surface area contributed by atoms with E-state index in [-0.39, 0.29) is 0 Å². The molecule has 0 bridgehead atoms. The minimum absolute atomic E-state index is 0.417. The second kappa shape index (κ2) is 5.85. The lowest BCUT2D eigenvalue weighted by atomic mass is 10.2. The van der Waals surface area contributed by atoms with Crippen LogP contribution in [0.3, 0.4) is 0 Å². The molecular formula is C14H15ClN2O. The number of hydrogen-bond acceptors (Lipinski definition) is 3. The standard InChI is InChI=1S/C14H15ClN2O/c1-10-3-2-6-17-13(10)9-18-14-7-12(15)5-4-11(14)8-16/h2-7H,8-9,16H2,1H3. The van der Waals surface area contributed by atoms with Gasteiger partial charge in [0.25, 0.3) is 0 Å². The second-order valence-corrected chi connectivity index (χ2v) is 4.45. The molecule has 0 atom stereocenters. The van der Waals surface area contributed by atoms with Crippen LogP contribution in [0.4, 0.5) is 0 Å². The molecule has 4 heteroatoms. The topological polar surface area (TPSA) is 48.1 Å². The van der Waals surface area contributed by atoms with E-state index in [9.17, 15) is 0 Å². The summed E-state index contributed by atoms with van der Waals surface area (Å²) in [7, 11) is 0. The highest BCUT2D eigenvalue weighted by molar-refractivity contribution is 6.30. The van der Waals surface area contributed by atoms with Crippen molar-refractivity contribution in [3.8, 4) is 5.75 Å². The Morgan fingerprint density at radius 1 is 1.33 bits per heavy atom. The lowest BCUT2D eigenvalue weighted by Crippen LogP contribution is -2.04. The second-order valence-electron chi connectivity index (χ2n) is 4.01. The third-order valence-electron chi connectivity index (χ3n) is 2.73. The maximum atomic E-state index is 5.95. The van der Waals surface area contributed by atoms with Crippen LogP contribution in [0.25, 0.3) is 0 Å². The van der Waals surface area contributed by atoms with Crippen molar-refractivity contribution in [1.29, 1.82) is 0 Å². The number of benzene rings is 1. The number of aryl methyl sites for hydroxylation is 1. The maximum absolute atomic E-state index is 5.95. The number of aromatic nitrogens is 1. The quantitative estimate of drug-likeness (QED) is 0.921. The average Bonchev–Trinajstić information content (AvgIpc) is 2.38. The molecule has 2 N–H and O–H groups in total. The smallest absolute Gasteiger partial charge is 0.130 e. The van der Waals surface area contributed by atoms with Crippen molar-refractivity contribution in [2.24, 2.45) is 5.73 Å². The average molecular weight is 263 g/mol. The summed E-state index contributed by atoms with van der Waals surface area (Å²) >= 11 is 5.95. The zero-order valence-electron chi connectivity index (χ0n) is 10.2. The van der Waals surface area contributed by atoms with Gasteiger partial charge < -0.3 is 10.5 Å². The normalized spacial score (nSPS) is 10.4. The highest BCUT2D eigenvalue weighted by atomic mass is 35.5. The Morgan fingerprint density at radius 3 is 2.89 bits per heavy atom. The summed E-state index contributed by atoms with van der Waals surface area (Å²) in [5.41, 5.74) is 8.62. The van der Waals surface area contributed by atoms with Crippen molar-refractivity contribution in [3.05, 3.63) is 58.4 Å². The maximum Gasteiger partial charge on any atom is 0.130 e. The molecule has 0 amide bonds. The largest absolute Gasteiger partial charge is 0.487 e. The van der Waals surface area contributed by atoms with Crippen LogP contribution in [-0.2, 0) is 13.2 Å². The summed E-state index contributed by atoms with van der Waals surface area (Å²) in [5, 5.41) is 0.639. The number of nitrogens with two attached hydrogens (primary N) is 1. The van der Waals surface area contributed by atoms with E-state index in [1.54, 1.807) is 12.3 Å². The van der Waals surface area contributed by atoms with Gasteiger partial charge in [-0.2, -0.15) is 0 Å². The van der Waals surface area contributed by atoms with E-state index in [1.165, 1.54) is 0 Å². The first kappa shape index (κ1) is 12.9. The molecule has 0 saturated carbocycles. The van der Waals surface area contributed by atoms with E-state index < -0.39 is 0 Å². The van der Waals surface area contributed by atoms with E-state index >= 15 is 0 Å². The van der Waals surface area contributed by atoms with Crippen molar-refractivity contribution < 1.29 is 4.74 Å². The molecule has 0 unspecified atom stereocenters. The number of pyridine rings is 1. The molecular weight excluding hydrogens is 248 g/mol. The minimum atomic E-state index is 0.417. The van der Waals surface area contributed by atoms with Gasteiger partial charge in [-0.3, -0.25) is 4.98 Å². The highest BCUT2D eigenvalue weighted by Gasteiger charge is 2.05. The van der Waals surface area contributed by atoms with Gasteiger partial charge in [0.05, 0.1) is 5.69 Å². The van der Waals surface area contributed by atoms with Crippen LogP contribution >= 0.6 is 11.6 Å². The van der Waals surface area contributed by atoms with Crippen LogP contribution < -0.4 is 10.5 Å². The van der Waals surface area contributed by atoms with E-state index in [0.717, 1.165) is 22.6 Å². The molecule has 94 valence electrons. The van der Waals surface area contributed by atoms with Crippen LogP contribution in [-0.4, -0.2) is 4.98 Å². The van der Waals surface area contributed by atoms with Gasteiger partial charge in [0, 0.05) is 23.3 Å². The van der Waals surface area contributed by atoms with Gasteiger partial charge in [-0.05, 0) is 30.7 Å². The SMILES string of the molecule is Cc1cccnc1COc1cc(Cl)ccc1CN. The number of halogens is 1. The summed E-state index contributed by atoms with van der Waals surface area (Å²) in [6.45, 7) is 2.85. The zero-order chi connectivity index (χ0) is 13.0. The van der Waals surface area contributed by atoms with Crippen LogP contribution in [0.2, 0.25) is 5.02 Å². The number of nitrogens with zero attached hydrogens (tertiary/aromatic N) is 1. The summed E-state index contributed by atoms with van der Waals surface area (Å²) in [6, 6.07) is 9.38. The van der Waals surface area contributed by atoms with Crippen molar-refractivity contribution in [2.45, 2.75) is 20.1 Å². The summed E-state index contributed by atoms with van der Waals surface area (Å²) in [4.78, 5) is 4.28. The Hall–Kier alpha value is -1.58. The van der Waals surface area contributed by atoms with Crippen LogP contribution in [0, 0.1) is 6.92 Å². The van der Waals surface area contributed by atoms with Gasteiger partial charge in [-0.15, -0.1) is 0 Å². The van der Waals surface area contributed by atoms with Crippen molar-refractivity contribution in [3.63, 3.8) is 0 Å². The molecule has 2 aromatic rings. The van der Waals surface area contributed by atoms with E-state index in [0.29, 0.717) is 18.2 Å². The molecule has 0 aliphatic rings. The molecule has 1 aromatic heterocycles. The fourth-order valence-electron chi connectivity index (χ4n) is 1.65. The van der Waals surface area contributed by atoms with Crippen LogP contribution in [0.1, 0.15) is 16.8 Å². The molecule has 0 aliphatic heterocycles. The molecule has 18 heavy (non-hydrogen) atoms. The summed E-state index contributed by atoms with van der Waals surface area (Å²) in [6.07, 6.45) is 1.76. The molecule has 1 heterocycles.